The SMILES string of the molecule is CCC(CC)(CC)NCC(C)=C1CNC1. The van der Waals surface area contributed by atoms with Gasteiger partial charge in [-0.15, -0.1) is 0 Å². The highest BCUT2D eigenvalue weighted by Crippen LogP contribution is 2.20. The molecule has 0 aromatic carbocycles. The molecule has 1 heterocycles. The van der Waals surface area contributed by atoms with Crippen molar-refractivity contribution in [3.05, 3.63) is 11.1 Å². The summed E-state index contributed by atoms with van der Waals surface area (Å²) in [6, 6.07) is 0. The second-order valence-corrected chi connectivity index (χ2v) is 4.68. The molecule has 0 saturated carbocycles. The van der Waals surface area contributed by atoms with Crippen molar-refractivity contribution >= 4 is 0 Å². The predicted molar refractivity (Wildman–Crippen MR) is 67.2 cm³/mol. The summed E-state index contributed by atoms with van der Waals surface area (Å²) in [7, 11) is 0. The molecule has 0 radical (unpaired) electrons. The van der Waals surface area contributed by atoms with Crippen LogP contribution in [-0.2, 0) is 0 Å². The third kappa shape index (κ3) is 3.05. The van der Waals surface area contributed by atoms with Crippen molar-refractivity contribution in [1.82, 2.24) is 10.6 Å². The standard InChI is InChI=1S/C13H26N2/c1-5-13(6-2,7-3)15-8-11(4)12-9-14-10-12/h14-15H,5-10H2,1-4H3. The van der Waals surface area contributed by atoms with Gasteiger partial charge in [-0.05, 0) is 31.8 Å². The molecule has 1 fully saturated rings. The van der Waals surface area contributed by atoms with E-state index in [9.17, 15) is 0 Å². The molecule has 1 rings (SSSR count). The molecule has 2 nitrogen and oxygen atoms in total. The Morgan fingerprint density at radius 3 is 2.07 bits per heavy atom. The topological polar surface area (TPSA) is 24.1 Å². The second-order valence-electron chi connectivity index (χ2n) is 4.68. The van der Waals surface area contributed by atoms with Gasteiger partial charge in [-0.1, -0.05) is 26.3 Å². The van der Waals surface area contributed by atoms with E-state index in [1.807, 2.05) is 0 Å². The minimum absolute atomic E-state index is 0.360. The van der Waals surface area contributed by atoms with E-state index in [0.29, 0.717) is 5.54 Å². The number of hydrogen-bond donors (Lipinski definition) is 2. The molecule has 0 aromatic heterocycles. The lowest BCUT2D eigenvalue weighted by atomic mass is 9.89. The van der Waals surface area contributed by atoms with Gasteiger partial charge < -0.3 is 10.6 Å². The van der Waals surface area contributed by atoms with Gasteiger partial charge in [-0.3, -0.25) is 0 Å². The summed E-state index contributed by atoms with van der Waals surface area (Å²) < 4.78 is 0. The quantitative estimate of drug-likeness (QED) is 0.658. The summed E-state index contributed by atoms with van der Waals surface area (Å²) in [4.78, 5) is 0. The van der Waals surface area contributed by atoms with E-state index in [4.69, 9.17) is 0 Å². The van der Waals surface area contributed by atoms with E-state index in [1.165, 1.54) is 24.8 Å². The Labute approximate surface area is 94.5 Å². The second kappa shape index (κ2) is 5.66. The smallest absolute Gasteiger partial charge is 0.0183 e. The Hall–Kier alpha value is -0.340. The lowest BCUT2D eigenvalue weighted by molar-refractivity contribution is 0.299. The maximum atomic E-state index is 3.75. The van der Waals surface area contributed by atoms with Gasteiger partial charge >= 0.3 is 0 Å². The van der Waals surface area contributed by atoms with Crippen molar-refractivity contribution < 1.29 is 0 Å². The molecule has 0 unspecified atom stereocenters. The van der Waals surface area contributed by atoms with Crippen molar-refractivity contribution in [2.45, 2.75) is 52.5 Å². The van der Waals surface area contributed by atoms with Crippen LogP contribution in [0.4, 0.5) is 0 Å². The van der Waals surface area contributed by atoms with Gasteiger partial charge in [0.1, 0.15) is 0 Å². The first-order valence-corrected chi connectivity index (χ1v) is 6.30. The zero-order chi connectivity index (χ0) is 11.3. The summed E-state index contributed by atoms with van der Waals surface area (Å²) in [5.41, 5.74) is 3.49. The molecule has 88 valence electrons. The van der Waals surface area contributed by atoms with E-state index < -0.39 is 0 Å². The third-order valence-corrected chi connectivity index (χ3v) is 4.04. The van der Waals surface area contributed by atoms with Crippen LogP contribution in [0.3, 0.4) is 0 Å². The van der Waals surface area contributed by atoms with Crippen LogP contribution >= 0.6 is 0 Å². The highest BCUT2D eigenvalue weighted by molar-refractivity contribution is 5.22. The molecule has 1 saturated heterocycles. The highest BCUT2D eigenvalue weighted by atomic mass is 15.0. The van der Waals surface area contributed by atoms with E-state index in [2.05, 4.69) is 38.3 Å². The maximum absolute atomic E-state index is 3.75. The molecule has 0 aliphatic carbocycles. The van der Waals surface area contributed by atoms with E-state index in [-0.39, 0.29) is 0 Å². The minimum atomic E-state index is 0.360. The van der Waals surface area contributed by atoms with Gasteiger partial charge in [-0.25, -0.2) is 0 Å². The molecule has 0 bridgehead atoms. The van der Waals surface area contributed by atoms with Crippen LogP contribution in [0.5, 0.6) is 0 Å². The van der Waals surface area contributed by atoms with Crippen LogP contribution in [0.1, 0.15) is 47.0 Å². The van der Waals surface area contributed by atoms with Crippen molar-refractivity contribution in [2.75, 3.05) is 19.6 Å². The average Bonchev–Trinajstić information content (AvgIpc) is 2.18. The first-order chi connectivity index (χ1) is 7.17. The van der Waals surface area contributed by atoms with Crippen LogP contribution < -0.4 is 10.6 Å². The zero-order valence-corrected chi connectivity index (χ0v) is 10.7. The molecule has 0 atom stereocenters. The molecule has 2 N–H and O–H groups in total. The van der Waals surface area contributed by atoms with Gasteiger partial charge in [0, 0.05) is 25.2 Å². The van der Waals surface area contributed by atoms with E-state index in [1.54, 1.807) is 5.57 Å². The largest absolute Gasteiger partial charge is 0.309 e. The summed E-state index contributed by atoms with van der Waals surface area (Å²) in [5, 5.41) is 7.04. The van der Waals surface area contributed by atoms with Gasteiger partial charge in [0.05, 0.1) is 0 Å². The van der Waals surface area contributed by atoms with Crippen LogP contribution in [-0.4, -0.2) is 25.2 Å². The number of hydrogen-bond acceptors (Lipinski definition) is 2. The molecule has 0 spiro atoms. The normalized spacial score (nSPS) is 16.4. The van der Waals surface area contributed by atoms with E-state index in [0.717, 1.165) is 19.6 Å². The molecule has 0 amide bonds. The van der Waals surface area contributed by atoms with Crippen LogP contribution in [0.15, 0.2) is 11.1 Å². The Morgan fingerprint density at radius 2 is 1.73 bits per heavy atom. The molecular weight excluding hydrogens is 184 g/mol. The summed E-state index contributed by atoms with van der Waals surface area (Å²) >= 11 is 0. The van der Waals surface area contributed by atoms with Gasteiger partial charge in [0.25, 0.3) is 0 Å². The highest BCUT2D eigenvalue weighted by Gasteiger charge is 2.23. The van der Waals surface area contributed by atoms with Crippen molar-refractivity contribution in [3.8, 4) is 0 Å². The zero-order valence-electron chi connectivity index (χ0n) is 10.7. The van der Waals surface area contributed by atoms with Crippen molar-refractivity contribution in [2.24, 2.45) is 0 Å². The fourth-order valence-electron chi connectivity index (χ4n) is 2.12. The Balaban J connectivity index is 2.46. The Kier molecular flexibility index (Phi) is 4.81. The first kappa shape index (κ1) is 12.7. The van der Waals surface area contributed by atoms with Crippen LogP contribution in [0.2, 0.25) is 0 Å². The summed E-state index contributed by atoms with van der Waals surface area (Å²) in [6.45, 7) is 12.4. The monoisotopic (exact) mass is 210 g/mol. The first-order valence-electron chi connectivity index (χ1n) is 6.30. The molecular formula is C13H26N2. The predicted octanol–water partition coefficient (Wildman–Crippen LogP) is 2.46. The van der Waals surface area contributed by atoms with E-state index >= 15 is 0 Å². The number of nitrogens with one attached hydrogen (secondary N) is 2. The Morgan fingerprint density at radius 1 is 1.20 bits per heavy atom. The molecule has 2 heteroatoms. The number of rotatable bonds is 6. The maximum Gasteiger partial charge on any atom is 0.0183 e. The third-order valence-electron chi connectivity index (χ3n) is 4.04. The van der Waals surface area contributed by atoms with Crippen LogP contribution in [0.25, 0.3) is 0 Å². The van der Waals surface area contributed by atoms with Crippen molar-refractivity contribution in [3.63, 3.8) is 0 Å². The molecule has 1 aliphatic rings. The van der Waals surface area contributed by atoms with Crippen LogP contribution in [0, 0.1) is 0 Å². The summed E-state index contributed by atoms with van der Waals surface area (Å²) in [6.07, 6.45) is 3.67. The summed E-state index contributed by atoms with van der Waals surface area (Å²) in [5.74, 6) is 0. The van der Waals surface area contributed by atoms with Gasteiger partial charge in [0.15, 0.2) is 0 Å². The Bertz CT molecular complexity index is 212. The average molecular weight is 210 g/mol. The van der Waals surface area contributed by atoms with Gasteiger partial charge in [-0.2, -0.15) is 0 Å². The molecule has 1 aliphatic heterocycles. The lowest BCUT2D eigenvalue weighted by Crippen LogP contribution is -2.45. The van der Waals surface area contributed by atoms with Gasteiger partial charge in [0.2, 0.25) is 0 Å². The molecule has 15 heavy (non-hydrogen) atoms. The minimum Gasteiger partial charge on any atom is -0.309 e. The fourth-order valence-corrected chi connectivity index (χ4v) is 2.12. The molecule has 0 aromatic rings. The lowest BCUT2D eigenvalue weighted by Gasteiger charge is -2.33. The van der Waals surface area contributed by atoms with Crippen molar-refractivity contribution in [1.29, 1.82) is 0 Å². The fraction of sp³-hybridized carbons (Fsp3) is 0.846.